The van der Waals surface area contributed by atoms with Crippen LogP contribution in [0.25, 0.3) is 132 Å². The van der Waals surface area contributed by atoms with Crippen LogP contribution in [0.2, 0.25) is 0 Å². The number of rotatable bonds is 48. The van der Waals surface area contributed by atoms with Crippen molar-refractivity contribution < 1.29 is 0 Å². The third-order valence-corrected chi connectivity index (χ3v) is 24.9. The van der Waals surface area contributed by atoms with Crippen LogP contribution in [0.4, 0.5) is 0 Å². The maximum absolute atomic E-state index is 2.74. The first kappa shape index (κ1) is 76.6. The second-order valence-corrected chi connectivity index (χ2v) is 32.9. The molecule has 0 unspecified atom stereocenters. The van der Waals surface area contributed by atoms with E-state index in [-0.39, 0.29) is 0 Å². The van der Waals surface area contributed by atoms with Crippen LogP contribution in [0.5, 0.6) is 0 Å². The van der Waals surface area contributed by atoms with Gasteiger partial charge in [-0.25, -0.2) is 0 Å². The molecule has 106 heavy (non-hydrogen) atoms. The van der Waals surface area contributed by atoms with E-state index >= 15 is 0 Å². The molecule has 0 N–H and O–H groups in total. The molecule has 0 radical (unpaired) electrons. The van der Waals surface area contributed by atoms with Gasteiger partial charge in [-0.3, -0.25) is 0 Å². The fourth-order valence-corrected chi connectivity index (χ4v) is 18.9. The maximum atomic E-state index is 2.74. The summed E-state index contributed by atoms with van der Waals surface area (Å²) in [5.41, 5.74) is 27.5. The van der Waals surface area contributed by atoms with Crippen LogP contribution < -0.4 is 0 Å². The predicted octanol–water partition coefficient (Wildman–Crippen LogP) is 34.1. The van der Waals surface area contributed by atoms with Crippen molar-refractivity contribution in [3.05, 3.63) is 204 Å². The summed E-state index contributed by atoms with van der Waals surface area (Å²) in [6, 6.07) is 74.2. The largest absolute Gasteiger partial charge is 0.0654 e. The van der Waals surface area contributed by atoms with E-state index in [0.717, 1.165) is 25.7 Å². The SMILES string of the molecule is CCCCCCCCCCCCc1ccc(-c2c3c(c(-c4ccc(CCCCCCCCCCCC)cc4)c4cc5c(-c6ccc(CCCCCCCCCCCC)cc6)c6c(c(-c7ccc(CCCCCCCCCCCC)cc7)c5cc24)-c2cccc4cccc-6c24)-c2cccc4cccc-3c24)cc1. The topological polar surface area (TPSA) is 0 Å². The van der Waals surface area contributed by atoms with Gasteiger partial charge >= 0.3 is 0 Å². The van der Waals surface area contributed by atoms with E-state index < -0.39 is 0 Å². The van der Waals surface area contributed by atoms with Crippen molar-refractivity contribution in [3.8, 4) is 89.0 Å². The molecular weight excluding hydrogens is 1270 g/mol. The van der Waals surface area contributed by atoms with Crippen molar-refractivity contribution >= 4 is 43.1 Å². The third-order valence-electron chi connectivity index (χ3n) is 24.9. The van der Waals surface area contributed by atoms with Gasteiger partial charge in [0, 0.05) is 0 Å². The molecule has 0 bridgehead atoms. The fourth-order valence-electron chi connectivity index (χ4n) is 18.9. The average molecular weight is 1400 g/mol. The Labute approximate surface area is 642 Å². The van der Waals surface area contributed by atoms with Crippen molar-refractivity contribution in [1.29, 1.82) is 0 Å². The summed E-state index contributed by atoms with van der Waals surface area (Å²) < 4.78 is 0. The van der Waals surface area contributed by atoms with Crippen LogP contribution in [0, 0.1) is 0 Å². The Bertz CT molecular complexity index is 3980. The molecule has 0 aliphatic heterocycles. The summed E-state index contributed by atoms with van der Waals surface area (Å²) >= 11 is 0. The zero-order chi connectivity index (χ0) is 72.5. The second-order valence-electron chi connectivity index (χ2n) is 32.9. The van der Waals surface area contributed by atoms with Crippen molar-refractivity contribution in [2.24, 2.45) is 0 Å². The van der Waals surface area contributed by atoms with Gasteiger partial charge in [0.25, 0.3) is 0 Å². The molecule has 0 fully saturated rings. The molecule has 2 aliphatic carbocycles. The van der Waals surface area contributed by atoms with Gasteiger partial charge in [-0.05, 0) is 218 Å². The van der Waals surface area contributed by atoms with Crippen molar-refractivity contribution in [1.82, 2.24) is 0 Å². The lowest BCUT2D eigenvalue weighted by Gasteiger charge is -2.25. The van der Waals surface area contributed by atoms with E-state index in [1.807, 2.05) is 0 Å². The fraction of sp³-hybridized carbons (Fsp3) is 0.453. The van der Waals surface area contributed by atoms with E-state index in [9.17, 15) is 0 Å². The highest BCUT2D eigenvalue weighted by Gasteiger charge is 2.35. The summed E-state index contributed by atoms with van der Waals surface area (Å²) in [5, 5.41) is 10.8. The highest BCUT2D eigenvalue weighted by molar-refractivity contribution is 6.33. The van der Waals surface area contributed by atoms with E-state index in [1.54, 1.807) is 0 Å². The molecular formula is C106H130. The molecule has 0 saturated heterocycles. The Morgan fingerprint density at radius 1 is 0.170 bits per heavy atom. The summed E-state index contributed by atoms with van der Waals surface area (Å²) in [7, 11) is 0. The van der Waals surface area contributed by atoms with Gasteiger partial charge in [-0.2, -0.15) is 0 Å². The van der Waals surface area contributed by atoms with E-state index in [0.29, 0.717) is 0 Å². The summed E-state index contributed by atoms with van der Waals surface area (Å²) in [6.07, 6.45) is 58.9. The highest BCUT2D eigenvalue weighted by atomic mass is 14.4. The number of hydrogen-bond acceptors (Lipinski definition) is 0. The number of hydrogen-bond donors (Lipinski definition) is 0. The minimum atomic E-state index is 1.13. The first-order chi connectivity index (χ1) is 52.6. The molecule has 11 aromatic rings. The first-order valence-corrected chi connectivity index (χ1v) is 44.2. The minimum Gasteiger partial charge on any atom is -0.0654 e. The van der Waals surface area contributed by atoms with Crippen LogP contribution >= 0.6 is 0 Å². The van der Waals surface area contributed by atoms with Crippen molar-refractivity contribution in [2.45, 2.75) is 310 Å². The van der Waals surface area contributed by atoms with Gasteiger partial charge in [0.05, 0.1) is 0 Å². The van der Waals surface area contributed by atoms with Gasteiger partial charge in [-0.15, -0.1) is 0 Å². The van der Waals surface area contributed by atoms with Crippen molar-refractivity contribution in [2.75, 3.05) is 0 Å². The number of unbranched alkanes of at least 4 members (excludes halogenated alkanes) is 36. The molecule has 0 spiro atoms. The van der Waals surface area contributed by atoms with Crippen LogP contribution in [0.3, 0.4) is 0 Å². The quantitative estimate of drug-likeness (QED) is 0.0263. The molecule has 554 valence electrons. The lowest BCUT2D eigenvalue weighted by molar-refractivity contribution is 0.556. The molecule has 0 nitrogen and oxygen atoms in total. The minimum absolute atomic E-state index is 1.13. The maximum Gasteiger partial charge on any atom is -0.000741 e. The average Bonchev–Trinajstić information content (AvgIpc) is 1.47. The Hall–Kier alpha value is -7.54. The standard InChI is InChI=1S/C106H130/c1-5-9-13-17-21-25-29-33-37-41-49-79-61-69-85(70-62-79)99-93-77-95-96(78-94(93)100(104-90-58-46-54-83-53-45-57-89(97(83)90)103(99)104)86-71-63-80(64-72-86)50-42-38-34-30-26-22-18-14-10-6-2)102(88-75-67-82(68-76-88)52-44-40-36-32-28-24-20-16-12-8-4)106-92-60-48-56-84-55-47-59-91(98(84)92)105(106)101(95)87-73-65-81(66-74-87)51-43-39-35-31-27-23-19-15-11-7-3/h45-48,53-78H,5-44,49-52H2,1-4H3. The number of benzene rings is 11. The molecule has 0 aromatic heterocycles. The van der Waals surface area contributed by atoms with Crippen molar-refractivity contribution in [3.63, 3.8) is 0 Å². The Kier molecular flexibility index (Phi) is 29.0. The summed E-state index contributed by atoms with van der Waals surface area (Å²) in [6.45, 7) is 9.29. The third kappa shape index (κ3) is 18.8. The van der Waals surface area contributed by atoms with E-state index in [4.69, 9.17) is 0 Å². The van der Waals surface area contributed by atoms with Gasteiger partial charge in [0.15, 0.2) is 0 Å². The lowest BCUT2D eigenvalue weighted by atomic mass is 9.78. The zero-order valence-corrected chi connectivity index (χ0v) is 66.4. The van der Waals surface area contributed by atoms with Crippen LogP contribution in [0.1, 0.15) is 307 Å². The highest BCUT2D eigenvalue weighted by Crippen LogP contribution is 2.62. The van der Waals surface area contributed by atoms with Crippen LogP contribution in [-0.4, -0.2) is 0 Å². The normalized spacial score (nSPS) is 12.1. The van der Waals surface area contributed by atoms with E-state index in [2.05, 4.69) is 210 Å². The Morgan fingerprint density at radius 3 is 0.538 bits per heavy atom. The second kappa shape index (κ2) is 40.1. The van der Waals surface area contributed by atoms with Crippen LogP contribution in [-0.2, 0) is 25.7 Å². The molecule has 0 saturated carbocycles. The van der Waals surface area contributed by atoms with E-state index in [1.165, 1.54) is 411 Å². The molecule has 0 atom stereocenters. The molecule has 0 heteroatoms. The zero-order valence-electron chi connectivity index (χ0n) is 66.4. The molecule has 0 heterocycles. The molecule has 0 amide bonds. The smallest absolute Gasteiger partial charge is 0.000741 e. The summed E-state index contributed by atoms with van der Waals surface area (Å²) in [5.74, 6) is 0. The van der Waals surface area contributed by atoms with Gasteiger partial charge in [0.1, 0.15) is 0 Å². The van der Waals surface area contributed by atoms with Gasteiger partial charge in [-0.1, -0.05) is 429 Å². The van der Waals surface area contributed by atoms with Gasteiger partial charge < -0.3 is 0 Å². The molecule has 11 aromatic carbocycles. The Morgan fingerprint density at radius 2 is 0.349 bits per heavy atom. The molecule has 13 rings (SSSR count). The lowest BCUT2D eigenvalue weighted by Crippen LogP contribution is -1.98. The van der Waals surface area contributed by atoms with Gasteiger partial charge in [0.2, 0.25) is 0 Å². The number of aryl methyl sites for hydroxylation is 4. The Balaban J connectivity index is 0.960. The first-order valence-electron chi connectivity index (χ1n) is 44.2. The van der Waals surface area contributed by atoms with Crippen LogP contribution in [0.15, 0.2) is 182 Å². The predicted molar refractivity (Wildman–Crippen MR) is 469 cm³/mol. The molecule has 2 aliphatic rings. The summed E-state index contributed by atoms with van der Waals surface area (Å²) in [4.78, 5) is 0. The number of fused-ring (bicyclic) bond motifs is 8. The monoisotopic (exact) mass is 1400 g/mol.